The normalized spacial score (nSPS) is 23.1. The molecule has 2 heterocycles. The van der Waals surface area contributed by atoms with E-state index in [0.29, 0.717) is 5.92 Å². The minimum Gasteiger partial charge on any atom is -0.372 e. The third-order valence-corrected chi connectivity index (χ3v) is 5.29. The van der Waals surface area contributed by atoms with Crippen LogP contribution in [-0.4, -0.2) is 17.0 Å². The molecular weight excluding hydrogens is 266 g/mol. The molecule has 4 heteroatoms. The summed E-state index contributed by atoms with van der Waals surface area (Å²) < 4.78 is 0. The molecule has 1 aliphatic rings. The average molecular weight is 289 g/mol. The molecule has 0 atom stereocenters. The lowest BCUT2D eigenvalue weighted by Crippen LogP contribution is -2.15. The quantitative estimate of drug-likeness (QED) is 0.878. The Morgan fingerprint density at radius 1 is 1.25 bits per heavy atom. The monoisotopic (exact) mass is 289 g/mol. The second-order valence-electron chi connectivity index (χ2n) is 5.83. The molecule has 2 aromatic rings. The molecule has 0 bridgehead atoms. The zero-order valence-electron chi connectivity index (χ0n) is 12.4. The second-order valence-corrected chi connectivity index (χ2v) is 6.72. The Hall–Kier alpha value is -1.16. The van der Waals surface area contributed by atoms with Crippen LogP contribution in [0.1, 0.15) is 57.2 Å². The number of aromatic nitrogens is 2. The van der Waals surface area contributed by atoms with Crippen molar-refractivity contribution in [3.05, 3.63) is 17.3 Å². The van der Waals surface area contributed by atoms with Gasteiger partial charge in [-0.25, -0.2) is 9.97 Å². The van der Waals surface area contributed by atoms with Crippen molar-refractivity contribution in [2.45, 2.75) is 51.4 Å². The summed E-state index contributed by atoms with van der Waals surface area (Å²) in [6.45, 7) is 2.29. The van der Waals surface area contributed by atoms with E-state index in [9.17, 15) is 0 Å². The molecule has 1 saturated carbocycles. The number of rotatable bonds is 4. The van der Waals surface area contributed by atoms with E-state index in [2.05, 4.69) is 23.7 Å². The Balaban J connectivity index is 1.80. The maximum Gasteiger partial charge on any atom is 0.138 e. The molecule has 0 unspecified atom stereocenters. The summed E-state index contributed by atoms with van der Waals surface area (Å²) in [7, 11) is 1.95. The van der Waals surface area contributed by atoms with Gasteiger partial charge in [-0.2, -0.15) is 0 Å². The van der Waals surface area contributed by atoms with Gasteiger partial charge in [-0.1, -0.05) is 19.8 Å². The van der Waals surface area contributed by atoms with E-state index in [1.165, 1.54) is 38.5 Å². The molecule has 0 spiro atoms. The molecular formula is C16H23N3S. The van der Waals surface area contributed by atoms with E-state index in [1.807, 2.05) is 7.05 Å². The Kier molecular flexibility index (Phi) is 4.20. The molecule has 108 valence electrons. The van der Waals surface area contributed by atoms with Gasteiger partial charge in [0.25, 0.3) is 0 Å². The SMILES string of the molecule is CCCC1CCC(c2nc(NC)c3ccsc3n2)CC1. The Bertz CT molecular complexity index is 570. The van der Waals surface area contributed by atoms with Crippen LogP contribution in [0.25, 0.3) is 10.2 Å². The van der Waals surface area contributed by atoms with Crippen molar-refractivity contribution < 1.29 is 0 Å². The summed E-state index contributed by atoms with van der Waals surface area (Å²) >= 11 is 1.71. The van der Waals surface area contributed by atoms with Gasteiger partial charge in [-0.05, 0) is 43.0 Å². The molecule has 0 saturated heterocycles. The lowest BCUT2D eigenvalue weighted by atomic mass is 9.80. The lowest BCUT2D eigenvalue weighted by Gasteiger charge is -2.27. The predicted molar refractivity (Wildman–Crippen MR) is 86.6 cm³/mol. The number of fused-ring (bicyclic) bond motifs is 1. The van der Waals surface area contributed by atoms with Crippen LogP contribution >= 0.6 is 11.3 Å². The number of nitrogens with zero attached hydrogens (tertiary/aromatic N) is 2. The van der Waals surface area contributed by atoms with Crippen LogP contribution in [-0.2, 0) is 0 Å². The molecule has 0 radical (unpaired) electrons. The standard InChI is InChI=1S/C16H23N3S/c1-3-4-11-5-7-12(8-6-11)14-18-15(17-2)13-9-10-20-16(13)19-14/h9-12H,3-8H2,1-2H3,(H,17,18,19). The molecule has 0 amide bonds. The van der Waals surface area contributed by atoms with Gasteiger partial charge in [-0.3, -0.25) is 0 Å². The molecule has 20 heavy (non-hydrogen) atoms. The summed E-state index contributed by atoms with van der Waals surface area (Å²) in [5, 5.41) is 6.47. The van der Waals surface area contributed by atoms with Crippen molar-refractivity contribution in [1.29, 1.82) is 0 Å². The van der Waals surface area contributed by atoms with E-state index in [0.717, 1.165) is 27.8 Å². The van der Waals surface area contributed by atoms with Gasteiger partial charge < -0.3 is 5.32 Å². The highest BCUT2D eigenvalue weighted by Crippen LogP contribution is 2.37. The fraction of sp³-hybridized carbons (Fsp3) is 0.625. The smallest absolute Gasteiger partial charge is 0.138 e. The van der Waals surface area contributed by atoms with Gasteiger partial charge in [-0.15, -0.1) is 11.3 Å². The van der Waals surface area contributed by atoms with Crippen LogP contribution < -0.4 is 5.32 Å². The van der Waals surface area contributed by atoms with Crippen LogP contribution in [0.2, 0.25) is 0 Å². The van der Waals surface area contributed by atoms with Gasteiger partial charge in [0, 0.05) is 13.0 Å². The van der Waals surface area contributed by atoms with E-state index in [1.54, 1.807) is 11.3 Å². The molecule has 3 nitrogen and oxygen atoms in total. The first kappa shape index (κ1) is 13.8. The highest BCUT2D eigenvalue weighted by molar-refractivity contribution is 7.16. The molecule has 3 rings (SSSR count). The van der Waals surface area contributed by atoms with Gasteiger partial charge in [0.2, 0.25) is 0 Å². The van der Waals surface area contributed by atoms with Crippen molar-refractivity contribution in [3.63, 3.8) is 0 Å². The molecule has 1 fully saturated rings. The van der Waals surface area contributed by atoms with Gasteiger partial charge >= 0.3 is 0 Å². The second kappa shape index (κ2) is 6.08. The molecule has 0 aliphatic heterocycles. The van der Waals surface area contributed by atoms with Crippen LogP contribution in [0.5, 0.6) is 0 Å². The number of hydrogen-bond donors (Lipinski definition) is 1. The van der Waals surface area contributed by atoms with Crippen molar-refractivity contribution in [1.82, 2.24) is 9.97 Å². The maximum atomic E-state index is 4.81. The van der Waals surface area contributed by atoms with Crippen LogP contribution in [0.3, 0.4) is 0 Å². The van der Waals surface area contributed by atoms with E-state index in [-0.39, 0.29) is 0 Å². The molecule has 2 aromatic heterocycles. The van der Waals surface area contributed by atoms with E-state index >= 15 is 0 Å². The van der Waals surface area contributed by atoms with Crippen LogP contribution in [0, 0.1) is 5.92 Å². The summed E-state index contributed by atoms with van der Waals surface area (Å²) in [4.78, 5) is 10.7. The minimum absolute atomic E-state index is 0.557. The van der Waals surface area contributed by atoms with Gasteiger partial charge in [0.15, 0.2) is 0 Å². The predicted octanol–water partition coefficient (Wildman–Crippen LogP) is 4.81. The van der Waals surface area contributed by atoms with Crippen LogP contribution in [0.4, 0.5) is 5.82 Å². The minimum atomic E-state index is 0.557. The third-order valence-electron chi connectivity index (χ3n) is 4.49. The van der Waals surface area contributed by atoms with Crippen molar-refractivity contribution in [2.24, 2.45) is 5.92 Å². The average Bonchev–Trinajstić information content (AvgIpc) is 2.95. The Morgan fingerprint density at radius 3 is 2.75 bits per heavy atom. The van der Waals surface area contributed by atoms with E-state index < -0.39 is 0 Å². The fourth-order valence-corrected chi connectivity index (χ4v) is 4.13. The highest BCUT2D eigenvalue weighted by Gasteiger charge is 2.24. The van der Waals surface area contributed by atoms with Crippen molar-refractivity contribution >= 4 is 27.4 Å². The molecule has 1 aliphatic carbocycles. The topological polar surface area (TPSA) is 37.8 Å². The fourth-order valence-electron chi connectivity index (χ4n) is 3.36. The van der Waals surface area contributed by atoms with Crippen molar-refractivity contribution in [2.75, 3.05) is 12.4 Å². The number of anilines is 1. The first-order chi connectivity index (χ1) is 9.81. The van der Waals surface area contributed by atoms with E-state index in [4.69, 9.17) is 9.97 Å². The molecule has 0 aromatic carbocycles. The largest absolute Gasteiger partial charge is 0.372 e. The maximum absolute atomic E-state index is 4.81. The van der Waals surface area contributed by atoms with Gasteiger partial charge in [0.05, 0.1) is 5.39 Å². The molecule has 1 N–H and O–H groups in total. The lowest BCUT2D eigenvalue weighted by molar-refractivity contribution is 0.303. The Labute approximate surface area is 124 Å². The Morgan fingerprint density at radius 2 is 2.05 bits per heavy atom. The third kappa shape index (κ3) is 2.66. The van der Waals surface area contributed by atoms with Gasteiger partial charge in [0.1, 0.15) is 16.5 Å². The summed E-state index contributed by atoms with van der Waals surface area (Å²) in [6.07, 6.45) is 7.91. The number of nitrogens with one attached hydrogen (secondary N) is 1. The summed E-state index contributed by atoms with van der Waals surface area (Å²) in [5.41, 5.74) is 0. The van der Waals surface area contributed by atoms with Crippen molar-refractivity contribution in [3.8, 4) is 0 Å². The highest BCUT2D eigenvalue weighted by atomic mass is 32.1. The zero-order chi connectivity index (χ0) is 13.9. The van der Waals surface area contributed by atoms with Crippen LogP contribution in [0.15, 0.2) is 11.4 Å². The zero-order valence-corrected chi connectivity index (χ0v) is 13.2. The first-order valence-corrected chi connectivity index (χ1v) is 8.62. The number of thiophene rings is 1. The number of hydrogen-bond acceptors (Lipinski definition) is 4. The first-order valence-electron chi connectivity index (χ1n) is 7.74. The summed E-state index contributed by atoms with van der Waals surface area (Å²) in [6, 6.07) is 2.10. The summed E-state index contributed by atoms with van der Waals surface area (Å²) in [5.74, 6) is 3.54.